The van der Waals surface area contributed by atoms with Crippen molar-refractivity contribution in [2.24, 2.45) is 0 Å². The Morgan fingerprint density at radius 3 is 2.38 bits per heavy atom. The molecule has 1 aliphatic heterocycles. The van der Waals surface area contributed by atoms with Crippen LogP contribution in [0.4, 0.5) is 4.39 Å². The third-order valence-electron chi connectivity index (χ3n) is 3.56. The molecule has 0 bridgehead atoms. The van der Waals surface area contributed by atoms with Crippen molar-refractivity contribution in [3.63, 3.8) is 0 Å². The van der Waals surface area contributed by atoms with Crippen molar-refractivity contribution in [2.75, 3.05) is 13.1 Å². The summed E-state index contributed by atoms with van der Waals surface area (Å²) in [6, 6.07) is 0. The van der Waals surface area contributed by atoms with E-state index in [-0.39, 0.29) is 0 Å². The monoisotopic (exact) mass is 183 g/mol. The van der Waals surface area contributed by atoms with Crippen molar-refractivity contribution in [3.8, 4) is 0 Å². The number of nitrogens with one attached hydrogen (secondary N) is 1. The van der Waals surface area contributed by atoms with Crippen LogP contribution in [0.1, 0.15) is 39.0 Å². The minimum atomic E-state index is -0.971. The first-order chi connectivity index (χ1) is 6.22. The average Bonchev–Trinajstić information content (AvgIpc) is 2.02. The summed E-state index contributed by atoms with van der Waals surface area (Å²) < 4.78 is 14.3. The van der Waals surface area contributed by atoms with Crippen LogP contribution in [0.2, 0.25) is 0 Å². The summed E-state index contributed by atoms with van der Waals surface area (Å²) >= 11 is 0. The maximum atomic E-state index is 14.3. The van der Waals surface area contributed by atoms with Gasteiger partial charge >= 0.3 is 0 Å². The quantitative estimate of drug-likeness (QED) is 0.616. The first-order valence-corrected chi connectivity index (χ1v) is 5.31. The van der Waals surface area contributed by atoms with E-state index in [1.54, 1.807) is 0 Å². The summed E-state index contributed by atoms with van der Waals surface area (Å²) in [5, 5.41) is 3.21. The Morgan fingerprint density at radius 1 is 1.31 bits per heavy atom. The van der Waals surface area contributed by atoms with E-state index >= 15 is 0 Å². The predicted molar refractivity (Wildman–Crippen MR) is 52.5 cm³/mol. The van der Waals surface area contributed by atoms with E-state index in [0.29, 0.717) is 12.8 Å². The topological polar surface area (TPSA) is 12.0 Å². The van der Waals surface area contributed by atoms with E-state index in [1.807, 2.05) is 6.92 Å². The maximum Gasteiger partial charge on any atom is 0.134 e. The summed E-state index contributed by atoms with van der Waals surface area (Å²) in [7, 11) is 0. The highest BCUT2D eigenvalue weighted by molar-refractivity contribution is 5.26. The van der Waals surface area contributed by atoms with E-state index in [2.05, 4.69) is 5.32 Å². The number of hydrogen-bond donors (Lipinski definition) is 1. The standard InChI is InChI=1S/C11H18FN/c1-9(10-3-2-4-10)11(12)5-7-13-8-6-11/h13H,2-8H2,1H3. The molecule has 1 saturated carbocycles. The molecule has 2 aliphatic rings. The van der Waals surface area contributed by atoms with Crippen LogP contribution in [0.25, 0.3) is 0 Å². The molecule has 0 amide bonds. The van der Waals surface area contributed by atoms with Gasteiger partial charge < -0.3 is 5.32 Å². The normalized spacial score (nSPS) is 26.8. The Labute approximate surface area is 79.4 Å². The van der Waals surface area contributed by atoms with Gasteiger partial charge in [0.2, 0.25) is 0 Å². The number of allylic oxidation sites excluding steroid dienone is 2. The fraction of sp³-hybridized carbons (Fsp3) is 0.818. The smallest absolute Gasteiger partial charge is 0.134 e. The van der Waals surface area contributed by atoms with Crippen molar-refractivity contribution in [1.82, 2.24) is 5.32 Å². The highest BCUT2D eigenvalue weighted by Crippen LogP contribution is 2.39. The summed E-state index contributed by atoms with van der Waals surface area (Å²) in [6.45, 7) is 3.67. The zero-order chi connectivity index (χ0) is 9.31. The minimum absolute atomic E-state index is 0.669. The zero-order valence-corrected chi connectivity index (χ0v) is 8.33. The second-order valence-electron chi connectivity index (χ2n) is 4.30. The highest BCUT2D eigenvalue weighted by Gasteiger charge is 2.35. The molecule has 2 heteroatoms. The SMILES string of the molecule is CC(=C1CCC1)C1(F)CCNCC1. The van der Waals surface area contributed by atoms with Gasteiger partial charge in [0, 0.05) is 0 Å². The van der Waals surface area contributed by atoms with Gasteiger partial charge in [-0.15, -0.1) is 0 Å². The number of alkyl halides is 1. The molecule has 0 spiro atoms. The van der Waals surface area contributed by atoms with Crippen molar-refractivity contribution < 1.29 is 4.39 Å². The molecule has 13 heavy (non-hydrogen) atoms. The van der Waals surface area contributed by atoms with Crippen molar-refractivity contribution >= 4 is 0 Å². The van der Waals surface area contributed by atoms with Crippen molar-refractivity contribution in [1.29, 1.82) is 0 Å². The van der Waals surface area contributed by atoms with Crippen LogP contribution in [0.5, 0.6) is 0 Å². The van der Waals surface area contributed by atoms with Gasteiger partial charge in [-0.2, -0.15) is 0 Å². The number of halogens is 1. The van der Waals surface area contributed by atoms with Crippen LogP contribution in [-0.4, -0.2) is 18.8 Å². The lowest BCUT2D eigenvalue weighted by atomic mass is 9.78. The fourth-order valence-corrected chi connectivity index (χ4v) is 2.24. The third-order valence-corrected chi connectivity index (χ3v) is 3.56. The van der Waals surface area contributed by atoms with Gasteiger partial charge in [-0.05, 0) is 57.7 Å². The molecule has 0 aromatic heterocycles. The molecule has 1 N–H and O–H groups in total. The van der Waals surface area contributed by atoms with E-state index in [1.165, 1.54) is 12.0 Å². The molecule has 2 fully saturated rings. The molecular formula is C11H18FN. The van der Waals surface area contributed by atoms with E-state index in [0.717, 1.165) is 31.5 Å². The van der Waals surface area contributed by atoms with Crippen LogP contribution in [0.15, 0.2) is 11.1 Å². The molecule has 0 aromatic rings. The van der Waals surface area contributed by atoms with Gasteiger partial charge in [0.25, 0.3) is 0 Å². The summed E-state index contributed by atoms with van der Waals surface area (Å²) in [5.41, 5.74) is 1.48. The number of hydrogen-bond acceptors (Lipinski definition) is 1. The van der Waals surface area contributed by atoms with Gasteiger partial charge in [0.05, 0.1) is 0 Å². The average molecular weight is 183 g/mol. The van der Waals surface area contributed by atoms with Crippen LogP contribution < -0.4 is 5.32 Å². The zero-order valence-electron chi connectivity index (χ0n) is 8.33. The molecule has 2 rings (SSSR count). The Morgan fingerprint density at radius 2 is 1.92 bits per heavy atom. The lowest BCUT2D eigenvalue weighted by molar-refractivity contribution is 0.155. The van der Waals surface area contributed by atoms with Crippen LogP contribution in [-0.2, 0) is 0 Å². The largest absolute Gasteiger partial charge is 0.316 e. The molecule has 0 unspecified atom stereocenters. The third kappa shape index (κ3) is 1.64. The molecule has 0 atom stereocenters. The first-order valence-electron chi connectivity index (χ1n) is 5.31. The van der Waals surface area contributed by atoms with E-state index in [4.69, 9.17) is 0 Å². The fourth-order valence-electron chi connectivity index (χ4n) is 2.24. The molecular weight excluding hydrogens is 165 g/mol. The van der Waals surface area contributed by atoms with Crippen LogP contribution >= 0.6 is 0 Å². The van der Waals surface area contributed by atoms with Gasteiger partial charge in [-0.3, -0.25) is 0 Å². The van der Waals surface area contributed by atoms with Crippen molar-refractivity contribution in [3.05, 3.63) is 11.1 Å². The summed E-state index contributed by atoms with van der Waals surface area (Å²) in [4.78, 5) is 0. The Balaban J connectivity index is 2.12. The van der Waals surface area contributed by atoms with Gasteiger partial charge in [0.1, 0.15) is 5.67 Å². The molecule has 1 aliphatic carbocycles. The summed E-state index contributed by atoms with van der Waals surface area (Å²) in [5.74, 6) is 0. The molecule has 1 nitrogen and oxygen atoms in total. The second kappa shape index (κ2) is 3.41. The Kier molecular flexibility index (Phi) is 2.41. The predicted octanol–water partition coefficient (Wildman–Crippen LogP) is 2.58. The minimum Gasteiger partial charge on any atom is -0.316 e. The molecule has 1 heterocycles. The Bertz CT molecular complexity index is 220. The highest BCUT2D eigenvalue weighted by atomic mass is 19.1. The van der Waals surface area contributed by atoms with Crippen LogP contribution in [0.3, 0.4) is 0 Å². The van der Waals surface area contributed by atoms with Gasteiger partial charge in [-0.1, -0.05) is 5.57 Å². The van der Waals surface area contributed by atoms with Crippen LogP contribution in [0, 0.1) is 0 Å². The number of piperidine rings is 1. The molecule has 0 radical (unpaired) electrons. The van der Waals surface area contributed by atoms with Gasteiger partial charge in [0.15, 0.2) is 0 Å². The molecule has 1 saturated heterocycles. The van der Waals surface area contributed by atoms with Gasteiger partial charge in [-0.25, -0.2) is 4.39 Å². The second-order valence-corrected chi connectivity index (χ2v) is 4.30. The van der Waals surface area contributed by atoms with E-state index in [9.17, 15) is 4.39 Å². The number of rotatable bonds is 1. The van der Waals surface area contributed by atoms with Crippen molar-refractivity contribution in [2.45, 2.75) is 44.7 Å². The molecule has 74 valence electrons. The van der Waals surface area contributed by atoms with E-state index < -0.39 is 5.67 Å². The summed E-state index contributed by atoms with van der Waals surface area (Å²) in [6.07, 6.45) is 4.89. The first kappa shape index (κ1) is 9.20. The lowest BCUT2D eigenvalue weighted by Crippen LogP contribution is -2.40. The Hall–Kier alpha value is -0.370. The molecule has 0 aromatic carbocycles. The lowest BCUT2D eigenvalue weighted by Gasteiger charge is -2.34. The maximum absolute atomic E-state index is 14.3.